The van der Waals surface area contributed by atoms with Crippen molar-refractivity contribution in [2.24, 2.45) is 0 Å². The summed E-state index contributed by atoms with van der Waals surface area (Å²) in [5.41, 5.74) is 1.16. The van der Waals surface area contributed by atoms with Crippen molar-refractivity contribution in [2.75, 3.05) is 26.0 Å². The van der Waals surface area contributed by atoms with Gasteiger partial charge in [0.1, 0.15) is 17.1 Å². The zero-order valence-corrected chi connectivity index (χ0v) is 19.0. The van der Waals surface area contributed by atoms with Crippen LogP contribution in [0.1, 0.15) is 44.6 Å². The molecule has 0 saturated carbocycles. The van der Waals surface area contributed by atoms with Crippen LogP contribution >= 0.6 is 0 Å². The highest BCUT2D eigenvalue weighted by Gasteiger charge is 2.23. The van der Waals surface area contributed by atoms with Crippen LogP contribution in [0.4, 0.5) is 5.82 Å². The van der Waals surface area contributed by atoms with Crippen molar-refractivity contribution >= 4 is 23.6 Å². The second kappa shape index (κ2) is 11.4. The van der Waals surface area contributed by atoms with Crippen LogP contribution < -0.4 is 20.7 Å². The second-order valence-corrected chi connectivity index (χ2v) is 7.24. The molecule has 0 spiro atoms. The molecule has 12 nitrogen and oxygen atoms in total. The van der Waals surface area contributed by atoms with Crippen LogP contribution in [0.15, 0.2) is 48.8 Å². The summed E-state index contributed by atoms with van der Waals surface area (Å²) in [6.45, 7) is -0.134. The molecule has 0 aliphatic rings. The summed E-state index contributed by atoms with van der Waals surface area (Å²) in [5.74, 6) is -2.34. The van der Waals surface area contributed by atoms with Crippen LogP contribution in [0.2, 0.25) is 0 Å². The highest BCUT2D eigenvalue weighted by Crippen LogP contribution is 2.26. The molecule has 1 unspecified atom stereocenters. The molecule has 35 heavy (non-hydrogen) atoms. The third-order valence-corrected chi connectivity index (χ3v) is 4.94. The summed E-state index contributed by atoms with van der Waals surface area (Å²) in [5, 5.41) is 27.0. The number of anilines is 1. The number of aromatic nitrogens is 3. The summed E-state index contributed by atoms with van der Waals surface area (Å²) >= 11 is 0. The van der Waals surface area contributed by atoms with E-state index in [2.05, 4.69) is 30.9 Å². The highest BCUT2D eigenvalue weighted by molar-refractivity contribution is 5.97. The Labute approximate surface area is 200 Å². The average Bonchev–Trinajstić information content (AvgIpc) is 2.87. The first-order chi connectivity index (χ1) is 16.8. The average molecular weight is 480 g/mol. The maximum absolute atomic E-state index is 13.0. The largest absolute Gasteiger partial charge is 0.497 e. The van der Waals surface area contributed by atoms with E-state index in [9.17, 15) is 19.5 Å². The van der Waals surface area contributed by atoms with Gasteiger partial charge in [0.05, 0.1) is 19.6 Å². The van der Waals surface area contributed by atoms with E-state index in [-0.39, 0.29) is 18.5 Å². The number of methoxy groups -OCH3 is 1. The first-order valence-corrected chi connectivity index (χ1v) is 10.5. The topological polar surface area (TPSA) is 176 Å². The number of carbonyl (C=O) groups is 3. The van der Waals surface area contributed by atoms with E-state index in [4.69, 9.17) is 9.84 Å². The third kappa shape index (κ3) is 6.41. The van der Waals surface area contributed by atoms with E-state index < -0.39 is 35.5 Å². The van der Waals surface area contributed by atoms with Crippen molar-refractivity contribution in [2.45, 2.75) is 12.5 Å². The monoisotopic (exact) mass is 480 g/mol. The molecule has 0 bridgehead atoms. The molecule has 0 aliphatic heterocycles. The standard InChI is InChI=1S/C23H24N6O6/c1-24-17-8-5-14(11-26-17)19(13-3-6-15(35-2)7-4-13)28-21(32)16-12-27-20(29-22(16)33)23(34)25-10-9-18(30)31/h3-8,11-12,19H,9-10H2,1-2H3,(H,24,26)(H,25,34)(H,28,32)(H,30,31)(H,27,29,33). The number of aliphatic carboxylic acids is 1. The Morgan fingerprint density at radius 3 is 2.29 bits per heavy atom. The number of hydrogen-bond donors (Lipinski definition) is 5. The predicted molar refractivity (Wildman–Crippen MR) is 124 cm³/mol. The van der Waals surface area contributed by atoms with Crippen LogP contribution in [0.5, 0.6) is 11.6 Å². The second-order valence-electron chi connectivity index (χ2n) is 7.24. The first-order valence-electron chi connectivity index (χ1n) is 10.5. The van der Waals surface area contributed by atoms with E-state index in [1.54, 1.807) is 56.8 Å². The number of hydrogen-bond acceptors (Lipinski definition) is 9. The van der Waals surface area contributed by atoms with Crippen molar-refractivity contribution in [3.05, 3.63) is 71.3 Å². The Morgan fingerprint density at radius 1 is 1.00 bits per heavy atom. The van der Waals surface area contributed by atoms with E-state index in [1.165, 1.54) is 0 Å². The van der Waals surface area contributed by atoms with Gasteiger partial charge in [0.2, 0.25) is 11.7 Å². The molecule has 0 radical (unpaired) electrons. The van der Waals surface area contributed by atoms with Gasteiger partial charge >= 0.3 is 5.97 Å². The fraction of sp³-hybridized carbons (Fsp3) is 0.217. The lowest BCUT2D eigenvalue weighted by Crippen LogP contribution is -2.31. The molecule has 12 heteroatoms. The predicted octanol–water partition coefficient (Wildman–Crippen LogP) is 1.35. The fourth-order valence-corrected chi connectivity index (χ4v) is 3.09. The SMILES string of the molecule is CNc1ccc(C(NC(=O)c2cnc(C(=O)NCCC(=O)O)nc2O)c2ccc(OC)cc2)cn1. The van der Waals surface area contributed by atoms with Crippen molar-refractivity contribution in [3.63, 3.8) is 0 Å². The quantitative estimate of drug-likeness (QED) is 0.285. The van der Waals surface area contributed by atoms with Crippen LogP contribution in [0.25, 0.3) is 0 Å². The van der Waals surface area contributed by atoms with E-state index >= 15 is 0 Å². The number of rotatable bonds is 10. The molecule has 5 N–H and O–H groups in total. The molecule has 2 amide bonds. The maximum Gasteiger partial charge on any atom is 0.305 e. The first kappa shape index (κ1) is 24.9. The molecule has 3 aromatic rings. The lowest BCUT2D eigenvalue weighted by molar-refractivity contribution is -0.136. The smallest absolute Gasteiger partial charge is 0.305 e. The molecule has 182 valence electrons. The van der Waals surface area contributed by atoms with Crippen LogP contribution in [0.3, 0.4) is 0 Å². The Kier molecular flexibility index (Phi) is 8.11. The van der Waals surface area contributed by atoms with Crippen LogP contribution in [-0.2, 0) is 4.79 Å². The minimum atomic E-state index is -1.08. The highest BCUT2D eigenvalue weighted by atomic mass is 16.5. The number of nitrogens with one attached hydrogen (secondary N) is 3. The number of nitrogens with zero attached hydrogens (tertiary/aromatic N) is 3. The number of pyridine rings is 1. The van der Waals surface area contributed by atoms with E-state index in [1.807, 2.05) is 0 Å². The molecule has 0 aliphatic carbocycles. The molecule has 2 heterocycles. The minimum absolute atomic E-state index is 0.134. The van der Waals surface area contributed by atoms with Gasteiger partial charge in [-0.2, -0.15) is 4.98 Å². The molecule has 3 rings (SSSR count). The van der Waals surface area contributed by atoms with Crippen LogP contribution in [-0.4, -0.2) is 63.7 Å². The van der Waals surface area contributed by atoms with Crippen molar-refractivity contribution < 1.29 is 29.3 Å². The van der Waals surface area contributed by atoms with Gasteiger partial charge in [-0.05, 0) is 29.3 Å². The Hall–Kier alpha value is -4.74. The molecule has 0 saturated heterocycles. The molecule has 1 atom stereocenters. The Balaban J connectivity index is 1.83. The number of carbonyl (C=O) groups excluding carboxylic acids is 2. The Bertz CT molecular complexity index is 1150. The van der Waals surface area contributed by atoms with Gasteiger partial charge in [0.25, 0.3) is 11.8 Å². The lowest BCUT2D eigenvalue weighted by atomic mass is 9.99. The molecule has 0 fully saturated rings. The molecule has 2 aromatic heterocycles. The fourth-order valence-electron chi connectivity index (χ4n) is 3.09. The van der Waals surface area contributed by atoms with Gasteiger partial charge in [0.15, 0.2) is 0 Å². The zero-order valence-electron chi connectivity index (χ0n) is 19.0. The van der Waals surface area contributed by atoms with Crippen molar-refractivity contribution in [1.82, 2.24) is 25.6 Å². The van der Waals surface area contributed by atoms with Crippen LogP contribution in [0, 0.1) is 0 Å². The zero-order chi connectivity index (χ0) is 25.4. The van der Waals surface area contributed by atoms with Gasteiger partial charge in [-0.3, -0.25) is 14.4 Å². The number of benzene rings is 1. The van der Waals surface area contributed by atoms with Gasteiger partial charge in [-0.15, -0.1) is 0 Å². The summed E-state index contributed by atoms with van der Waals surface area (Å²) in [6, 6.07) is 10.0. The molecular weight excluding hydrogens is 456 g/mol. The van der Waals surface area contributed by atoms with E-state index in [0.29, 0.717) is 17.1 Å². The van der Waals surface area contributed by atoms with Gasteiger partial charge in [-0.25, -0.2) is 9.97 Å². The normalized spacial score (nSPS) is 11.3. The molecule has 1 aromatic carbocycles. The van der Waals surface area contributed by atoms with Gasteiger partial charge in [0, 0.05) is 26.0 Å². The summed E-state index contributed by atoms with van der Waals surface area (Å²) < 4.78 is 5.20. The maximum atomic E-state index is 13.0. The minimum Gasteiger partial charge on any atom is -0.497 e. The van der Waals surface area contributed by atoms with Crippen molar-refractivity contribution in [3.8, 4) is 11.6 Å². The number of carboxylic acids is 1. The number of ether oxygens (including phenoxy) is 1. The Morgan fingerprint density at radius 2 is 1.71 bits per heavy atom. The number of carboxylic acid groups (broad SMARTS) is 1. The van der Waals surface area contributed by atoms with E-state index in [0.717, 1.165) is 11.8 Å². The van der Waals surface area contributed by atoms with Crippen molar-refractivity contribution in [1.29, 1.82) is 0 Å². The number of amides is 2. The molecular formula is C23H24N6O6. The number of aromatic hydroxyl groups is 1. The van der Waals surface area contributed by atoms with Gasteiger partial charge in [-0.1, -0.05) is 18.2 Å². The van der Waals surface area contributed by atoms with Gasteiger partial charge < -0.3 is 30.9 Å². The third-order valence-electron chi connectivity index (χ3n) is 4.94. The summed E-state index contributed by atoms with van der Waals surface area (Å²) in [6.07, 6.45) is 2.36. The summed E-state index contributed by atoms with van der Waals surface area (Å²) in [4.78, 5) is 47.4. The lowest BCUT2D eigenvalue weighted by Gasteiger charge is -2.20. The summed E-state index contributed by atoms with van der Waals surface area (Å²) in [7, 11) is 3.29.